The van der Waals surface area contributed by atoms with Crippen molar-refractivity contribution in [1.82, 2.24) is 4.98 Å². The van der Waals surface area contributed by atoms with Crippen LogP contribution in [0.2, 0.25) is 0 Å². The summed E-state index contributed by atoms with van der Waals surface area (Å²) in [5.41, 5.74) is 6.35. The lowest BCUT2D eigenvalue weighted by molar-refractivity contribution is -0.138. The summed E-state index contributed by atoms with van der Waals surface area (Å²) in [5.74, 6) is -1.02. The zero-order valence-corrected chi connectivity index (χ0v) is 9.10. The molecule has 0 radical (unpaired) electrons. The van der Waals surface area contributed by atoms with Crippen LogP contribution in [0.15, 0.2) is 24.4 Å². The molecule has 1 aromatic rings. The van der Waals surface area contributed by atoms with Crippen LogP contribution in [0.1, 0.15) is 12.1 Å². The van der Waals surface area contributed by atoms with Crippen LogP contribution in [-0.2, 0) is 11.2 Å². The second kappa shape index (κ2) is 5.72. The van der Waals surface area contributed by atoms with Gasteiger partial charge in [-0.15, -0.1) is 0 Å². The molecule has 1 rings (SSSR count). The Morgan fingerprint density at radius 1 is 1.60 bits per heavy atom. The first-order chi connectivity index (χ1) is 7.11. The molecule has 0 saturated heterocycles. The number of nitrogens with two attached hydrogens (primary N) is 1. The van der Waals surface area contributed by atoms with E-state index in [0.29, 0.717) is 12.8 Å². The van der Waals surface area contributed by atoms with Gasteiger partial charge in [0.05, 0.1) is 0 Å². The number of aryl methyl sites for hydroxylation is 1. The zero-order chi connectivity index (χ0) is 11.3. The third-order valence-electron chi connectivity index (χ3n) is 2.12. The van der Waals surface area contributed by atoms with Gasteiger partial charge in [-0.3, -0.25) is 9.78 Å². The molecule has 1 heterocycles. The van der Waals surface area contributed by atoms with Crippen molar-refractivity contribution in [3.8, 4) is 0 Å². The Morgan fingerprint density at radius 3 is 2.87 bits per heavy atom. The molecule has 0 bridgehead atoms. The van der Waals surface area contributed by atoms with Crippen molar-refractivity contribution in [3.05, 3.63) is 30.1 Å². The number of thiol groups is 1. The average Bonchev–Trinajstić information content (AvgIpc) is 2.26. The fourth-order valence-corrected chi connectivity index (χ4v) is 1.44. The van der Waals surface area contributed by atoms with Gasteiger partial charge in [-0.2, -0.15) is 12.6 Å². The molecule has 1 aromatic heterocycles. The SMILES string of the molecule is N[C@H](C(=O)O)C(S)CCc1ccccn1. The standard InChI is InChI=1S/C10H14N2O2S/c11-9(10(13)14)8(15)5-4-7-3-1-2-6-12-7/h1-3,6,8-9,15H,4-5,11H2,(H,13,14)/t8?,9-/m0/s1. The summed E-state index contributed by atoms with van der Waals surface area (Å²) >= 11 is 4.16. The fourth-order valence-electron chi connectivity index (χ4n) is 1.19. The smallest absolute Gasteiger partial charge is 0.321 e. The summed E-state index contributed by atoms with van der Waals surface area (Å²) < 4.78 is 0. The number of hydrogen-bond acceptors (Lipinski definition) is 4. The van der Waals surface area contributed by atoms with Gasteiger partial charge in [0.2, 0.25) is 0 Å². The van der Waals surface area contributed by atoms with Crippen molar-refractivity contribution in [3.63, 3.8) is 0 Å². The van der Waals surface area contributed by atoms with E-state index in [2.05, 4.69) is 17.6 Å². The van der Waals surface area contributed by atoms with E-state index in [1.54, 1.807) is 6.20 Å². The molecule has 0 aliphatic rings. The molecule has 0 aliphatic heterocycles. The van der Waals surface area contributed by atoms with Crippen molar-refractivity contribution in [2.24, 2.45) is 5.73 Å². The highest BCUT2D eigenvalue weighted by Gasteiger charge is 2.20. The van der Waals surface area contributed by atoms with Crippen molar-refractivity contribution in [2.45, 2.75) is 24.1 Å². The molecule has 0 aromatic carbocycles. The Bertz CT molecular complexity index is 318. The molecule has 5 heteroatoms. The molecule has 0 fully saturated rings. The van der Waals surface area contributed by atoms with Crippen LogP contribution in [0, 0.1) is 0 Å². The zero-order valence-electron chi connectivity index (χ0n) is 8.21. The Balaban J connectivity index is 2.41. The fraction of sp³-hybridized carbons (Fsp3) is 0.400. The van der Waals surface area contributed by atoms with E-state index in [9.17, 15) is 4.79 Å². The summed E-state index contributed by atoms with van der Waals surface area (Å²) in [4.78, 5) is 14.7. The number of hydrogen-bond donors (Lipinski definition) is 3. The van der Waals surface area contributed by atoms with Crippen LogP contribution in [0.4, 0.5) is 0 Å². The van der Waals surface area contributed by atoms with Crippen LogP contribution < -0.4 is 5.73 Å². The third-order valence-corrected chi connectivity index (χ3v) is 2.70. The highest BCUT2D eigenvalue weighted by atomic mass is 32.1. The second-order valence-electron chi connectivity index (χ2n) is 3.29. The third kappa shape index (κ3) is 3.89. The minimum absolute atomic E-state index is 0.343. The van der Waals surface area contributed by atoms with Crippen LogP contribution in [0.3, 0.4) is 0 Å². The predicted molar refractivity (Wildman–Crippen MR) is 60.9 cm³/mol. The van der Waals surface area contributed by atoms with Crippen LogP contribution in [0.25, 0.3) is 0 Å². The molecule has 0 saturated carbocycles. The molecule has 0 spiro atoms. The van der Waals surface area contributed by atoms with Crippen molar-refractivity contribution < 1.29 is 9.90 Å². The molecule has 15 heavy (non-hydrogen) atoms. The van der Waals surface area contributed by atoms with Crippen LogP contribution >= 0.6 is 12.6 Å². The molecule has 0 aliphatic carbocycles. The highest BCUT2D eigenvalue weighted by Crippen LogP contribution is 2.10. The highest BCUT2D eigenvalue weighted by molar-refractivity contribution is 7.81. The summed E-state index contributed by atoms with van der Waals surface area (Å²) in [6.45, 7) is 0. The number of carbonyl (C=O) groups is 1. The monoisotopic (exact) mass is 226 g/mol. The van der Waals surface area contributed by atoms with Gasteiger partial charge in [0.15, 0.2) is 0 Å². The van der Waals surface area contributed by atoms with E-state index < -0.39 is 12.0 Å². The number of rotatable bonds is 5. The minimum Gasteiger partial charge on any atom is -0.480 e. The maximum absolute atomic E-state index is 10.6. The lowest BCUT2D eigenvalue weighted by Crippen LogP contribution is -2.39. The maximum Gasteiger partial charge on any atom is 0.321 e. The van der Waals surface area contributed by atoms with Gasteiger partial charge in [0.1, 0.15) is 6.04 Å². The average molecular weight is 226 g/mol. The quantitative estimate of drug-likeness (QED) is 0.647. The number of carboxylic acids is 1. The number of aliphatic carboxylic acids is 1. The van der Waals surface area contributed by atoms with E-state index in [4.69, 9.17) is 10.8 Å². The summed E-state index contributed by atoms with van der Waals surface area (Å²) in [6, 6.07) is 4.71. The first-order valence-electron chi connectivity index (χ1n) is 4.67. The molecular weight excluding hydrogens is 212 g/mol. The van der Waals surface area contributed by atoms with E-state index in [0.717, 1.165) is 5.69 Å². The summed E-state index contributed by atoms with van der Waals surface area (Å²) in [7, 11) is 0. The topological polar surface area (TPSA) is 76.2 Å². The number of nitrogens with zero attached hydrogens (tertiary/aromatic N) is 1. The van der Waals surface area contributed by atoms with Crippen molar-refractivity contribution in [1.29, 1.82) is 0 Å². The van der Waals surface area contributed by atoms with Gasteiger partial charge in [-0.1, -0.05) is 6.07 Å². The van der Waals surface area contributed by atoms with E-state index in [1.807, 2.05) is 18.2 Å². The van der Waals surface area contributed by atoms with Crippen molar-refractivity contribution in [2.75, 3.05) is 0 Å². The molecule has 2 atom stereocenters. The van der Waals surface area contributed by atoms with Crippen LogP contribution in [-0.4, -0.2) is 27.4 Å². The molecule has 3 N–H and O–H groups in total. The lowest BCUT2D eigenvalue weighted by atomic mass is 10.1. The molecule has 0 amide bonds. The van der Waals surface area contributed by atoms with Gasteiger partial charge >= 0.3 is 5.97 Å². The number of carboxylic acid groups (broad SMARTS) is 1. The normalized spacial score (nSPS) is 14.5. The Labute approximate surface area is 93.9 Å². The lowest BCUT2D eigenvalue weighted by Gasteiger charge is -2.14. The van der Waals surface area contributed by atoms with Gasteiger partial charge < -0.3 is 10.8 Å². The van der Waals surface area contributed by atoms with E-state index in [1.165, 1.54) is 0 Å². The largest absolute Gasteiger partial charge is 0.480 e. The molecule has 82 valence electrons. The van der Waals surface area contributed by atoms with Gasteiger partial charge in [-0.25, -0.2) is 0 Å². The predicted octanol–water partition coefficient (Wildman–Crippen LogP) is 0.724. The van der Waals surface area contributed by atoms with E-state index in [-0.39, 0.29) is 5.25 Å². The Hall–Kier alpha value is -1.07. The summed E-state index contributed by atoms with van der Waals surface area (Å²) in [6.07, 6.45) is 3.00. The maximum atomic E-state index is 10.6. The molecular formula is C10H14N2O2S. The number of pyridine rings is 1. The summed E-state index contributed by atoms with van der Waals surface area (Å²) in [5, 5.41) is 8.32. The van der Waals surface area contributed by atoms with E-state index >= 15 is 0 Å². The second-order valence-corrected chi connectivity index (χ2v) is 3.95. The van der Waals surface area contributed by atoms with Crippen LogP contribution in [0.5, 0.6) is 0 Å². The number of aromatic nitrogens is 1. The van der Waals surface area contributed by atoms with Crippen molar-refractivity contribution >= 4 is 18.6 Å². The minimum atomic E-state index is -1.02. The first kappa shape index (κ1) is 12.0. The molecule has 1 unspecified atom stereocenters. The van der Waals surface area contributed by atoms with Gasteiger partial charge in [-0.05, 0) is 25.0 Å². The first-order valence-corrected chi connectivity index (χ1v) is 5.19. The van der Waals surface area contributed by atoms with Gasteiger partial charge in [0.25, 0.3) is 0 Å². The molecule has 4 nitrogen and oxygen atoms in total. The Morgan fingerprint density at radius 2 is 2.33 bits per heavy atom. The van der Waals surface area contributed by atoms with Gasteiger partial charge in [0, 0.05) is 17.1 Å². The Kier molecular flexibility index (Phi) is 4.58.